The molecular weight excluding hydrogens is 252 g/mol. The number of aromatic nitrogens is 1. The van der Waals surface area contributed by atoms with E-state index in [1.165, 1.54) is 0 Å². The first-order valence-electron chi connectivity index (χ1n) is 5.88. The topological polar surface area (TPSA) is 24.9 Å². The van der Waals surface area contributed by atoms with Gasteiger partial charge < -0.3 is 5.32 Å². The lowest BCUT2D eigenvalue weighted by Crippen LogP contribution is -1.96. The molecule has 19 heavy (non-hydrogen) atoms. The zero-order valence-corrected chi connectivity index (χ0v) is 11.9. The Bertz CT molecular complexity index is 545. The Kier molecular flexibility index (Phi) is 6.33. The largest absolute Gasteiger partial charge is 0.332 e. The van der Waals surface area contributed by atoms with Gasteiger partial charge in [-0.05, 0) is 13.0 Å². The molecule has 0 spiro atoms. The maximum absolute atomic E-state index is 4.52. The molecule has 0 saturated carbocycles. The second kappa shape index (κ2) is 8.06. The Hall–Kier alpha value is -2.13. The number of rotatable bonds is 7. The minimum absolute atomic E-state index is 0.841. The van der Waals surface area contributed by atoms with Gasteiger partial charge in [0.25, 0.3) is 0 Å². The van der Waals surface area contributed by atoms with Crippen molar-refractivity contribution in [3.63, 3.8) is 0 Å². The Morgan fingerprint density at radius 2 is 2.11 bits per heavy atom. The van der Waals surface area contributed by atoms with Gasteiger partial charge in [-0.1, -0.05) is 56.2 Å². The minimum atomic E-state index is 0.841. The van der Waals surface area contributed by atoms with Gasteiger partial charge in [0.2, 0.25) is 0 Å². The number of nitrogens with zero attached hydrogens (tertiary/aromatic N) is 1. The maximum Gasteiger partial charge on any atom is 0.187 e. The summed E-state index contributed by atoms with van der Waals surface area (Å²) in [5.74, 6) is 0. The van der Waals surface area contributed by atoms with E-state index in [2.05, 4.69) is 30.0 Å². The Labute approximate surface area is 118 Å². The monoisotopic (exact) mass is 270 g/mol. The summed E-state index contributed by atoms with van der Waals surface area (Å²) in [4.78, 5) is 4.52. The average Bonchev–Trinajstić information content (AvgIpc) is 2.89. The van der Waals surface area contributed by atoms with Crippen LogP contribution in [-0.4, -0.2) is 4.98 Å². The van der Waals surface area contributed by atoms with E-state index in [1.807, 2.05) is 36.6 Å². The van der Waals surface area contributed by atoms with Crippen LogP contribution in [0.3, 0.4) is 0 Å². The van der Waals surface area contributed by atoms with Gasteiger partial charge in [0.15, 0.2) is 5.13 Å². The van der Waals surface area contributed by atoms with Crippen molar-refractivity contribution in [2.24, 2.45) is 0 Å². The van der Waals surface area contributed by atoms with E-state index in [0.717, 1.165) is 22.1 Å². The van der Waals surface area contributed by atoms with Gasteiger partial charge in [0.05, 0.1) is 5.69 Å². The molecular formula is C16H18N2S. The molecule has 0 aliphatic heterocycles. The fourth-order valence-electron chi connectivity index (χ4n) is 1.35. The molecule has 0 saturated heterocycles. The molecule has 0 radical (unpaired) electrons. The quantitative estimate of drug-likeness (QED) is 0.709. The lowest BCUT2D eigenvalue weighted by Gasteiger charge is -2.02. The van der Waals surface area contributed by atoms with Crippen LogP contribution in [0.15, 0.2) is 73.3 Å². The molecule has 3 heteroatoms. The van der Waals surface area contributed by atoms with E-state index in [1.54, 1.807) is 29.6 Å². The number of anilines is 1. The van der Waals surface area contributed by atoms with Crippen LogP contribution in [0.2, 0.25) is 0 Å². The van der Waals surface area contributed by atoms with Crippen LogP contribution in [-0.2, 0) is 0 Å². The van der Waals surface area contributed by atoms with E-state index in [4.69, 9.17) is 0 Å². The molecule has 0 aromatic carbocycles. The number of nitrogens with one attached hydrogen (secondary N) is 1. The molecule has 0 fully saturated rings. The molecule has 0 atom stereocenters. The Balaban J connectivity index is 2.88. The molecule has 1 rings (SSSR count). The fraction of sp³-hybridized carbons (Fsp3) is 0.0625. The van der Waals surface area contributed by atoms with Crippen molar-refractivity contribution in [1.82, 2.24) is 4.98 Å². The first-order chi connectivity index (χ1) is 9.24. The molecule has 1 aromatic heterocycles. The number of thiazole rings is 1. The van der Waals surface area contributed by atoms with E-state index < -0.39 is 0 Å². The van der Waals surface area contributed by atoms with Gasteiger partial charge in [0, 0.05) is 16.7 Å². The van der Waals surface area contributed by atoms with Gasteiger partial charge in [-0.2, -0.15) is 0 Å². The molecule has 0 unspecified atom stereocenters. The lowest BCUT2D eigenvalue weighted by molar-refractivity contribution is 1.32. The van der Waals surface area contributed by atoms with Crippen molar-refractivity contribution < 1.29 is 0 Å². The zero-order chi connectivity index (χ0) is 14.1. The third kappa shape index (κ3) is 4.56. The molecule has 2 nitrogen and oxygen atoms in total. The maximum atomic E-state index is 4.52. The van der Waals surface area contributed by atoms with Gasteiger partial charge in [-0.15, -0.1) is 11.3 Å². The minimum Gasteiger partial charge on any atom is -0.332 e. The van der Waals surface area contributed by atoms with Crippen LogP contribution in [0.1, 0.15) is 12.6 Å². The first-order valence-corrected chi connectivity index (χ1v) is 6.76. The molecule has 98 valence electrons. The van der Waals surface area contributed by atoms with Crippen molar-refractivity contribution in [2.75, 3.05) is 5.32 Å². The van der Waals surface area contributed by atoms with Crippen LogP contribution in [0, 0.1) is 0 Å². The second-order valence-electron chi connectivity index (χ2n) is 3.56. The highest BCUT2D eigenvalue weighted by atomic mass is 32.1. The van der Waals surface area contributed by atoms with Crippen molar-refractivity contribution in [3.8, 4) is 0 Å². The van der Waals surface area contributed by atoms with Gasteiger partial charge in [0.1, 0.15) is 0 Å². The molecule has 1 heterocycles. The predicted molar refractivity (Wildman–Crippen MR) is 87.2 cm³/mol. The van der Waals surface area contributed by atoms with E-state index in [9.17, 15) is 0 Å². The highest BCUT2D eigenvalue weighted by Crippen LogP contribution is 2.23. The van der Waals surface area contributed by atoms with Crippen LogP contribution < -0.4 is 5.32 Å². The highest BCUT2D eigenvalue weighted by molar-refractivity contribution is 7.13. The molecule has 1 N–H and O–H groups in total. The van der Waals surface area contributed by atoms with Crippen molar-refractivity contribution in [3.05, 3.63) is 79.0 Å². The van der Waals surface area contributed by atoms with Crippen LogP contribution in [0.25, 0.3) is 5.57 Å². The average molecular weight is 270 g/mol. The summed E-state index contributed by atoms with van der Waals surface area (Å²) in [5, 5.41) is 6.08. The summed E-state index contributed by atoms with van der Waals surface area (Å²) < 4.78 is 0. The summed E-state index contributed by atoms with van der Waals surface area (Å²) in [6, 6.07) is 0. The van der Waals surface area contributed by atoms with Gasteiger partial charge in [-0.3, -0.25) is 0 Å². The summed E-state index contributed by atoms with van der Waals surface area (Å²) in [5.41, 5.74) is 2.84. The van der Waals surface area contributed by atoms with Gasteiger partial charge >= 0.3 is 0 Å². The normalized spacial score (nSPS) is 12.5. The van der Waals surface area contributed by atoms with Crippen LogP contribution in [0.4, 0.5) is 5.13 Å². The molecule has 0 aliphatic rings. The summed E-state index contributed by atoms with van der Waals surface area (Å²) in [6.45, 7) is 13.1. The number of allylic oxidation sites excluding steroid dienone is 8. The predicted octanol–water partition coefficient (Wildman–Crippen LogP) is 4.96. The van der Waals surface area contributed by atoms with Crippen molar-refractivity contribution in [2.45, 2.75) is 6.92 Å². The second-order valence-corrected chi connectivity index (χ2v) is 4.42. The Morgan fingerprint density at radius 3 is 2.68 bits per heavy atom. The molecule has 0 aliphatic carbocycles. The summed E-state index contributed by atoms with van der Waals surface area (Å²) in [7, 11) is 0. The highest BCUT2D eigenvalue weighted by Gasteiger charge is 2.04. The van der Waals surface area contributed by atoms with E-state index in [0.29, 0.717) is 0 Å². The SMILES string of the molecule is C=C/C=C\C(=C/C)Nc1nc(/C(C=C)=C/C=C)cs1. The van der Waals surface area contributed by atoms with Crippen molar-refractivity contribution >= 4 is 22.0 Å². The van der Waals surface area contributed by atoms with E-state index in [-0.39, 0.29) is 0 Å². The van der Waals surface area contributed by atoms with Crippen LogP contribution in [0.5, 0.6) is 0 Å². The smallest absolute Gasteiger partial charge is 0.187 e. The summed E-state index contributed by atoms with van der Waals surface area (Å²) in [6.07, 6.45) is 12.9. The first kappa shape index (κ1) is 14.9. The van der Waals surface area contributed by atoms with Crippen molar-refractivity contribution in [1.29, 1.82) is 0 Å². The van der Waals surface area contributed by atoms with Crippen LogP contribution >= 0.6 is 11.3 Å². The summed E-state index contributed by atoms with van der Waals surface area (Å²) >= 11 is 1.55. The molecule has 0 bridgehead atoms. The lowest BCUT2D eigenvalue weighted by atomic mass is 10.2. The fourth-order valence-corrected chi connectivity index (χ4v) is 2.09. The zero-order valence-electron chi connectivity index (χ0n) is 11.1. The number of hydrogen-bond donors (Lipinski definition) is 1. The molecule has 1 aromatic rings. The molecule has 0 amide bonds. The number of hydrogen-bond acceptors (Lipinski definition) is 3. The third-order valence-electron chi connectivity index (χ3n) is 2.29. The van der Waals surface area contributed by atoms with Gasteiger partial charge in [-0.25, -0.2) is 4.98 Å². The third-order valence-corrected chi connectivity index (χ3v) is 3.05. The standard InChI is InChI=1S/C16H18N2S/c1-5-9-11-14(8-4)17-16-18-15(12-19-16)13(7-3)10-6-2/h5-12H,1-3H2,4H3,(H,17,18)/b11-9-,13-10+,14-8+. The Morgan fingerprint density at radius 1 is 1.32 bits per heavy atom. The van der Waals surface area contributed by atoms with E-state index >= 15 is 0 Å².